The molecule has 0 saturated carbocycles. The van der Waals surface area contributed by atoms with Gasteiger partial charge in [0.2, 0.25) is 0 Å². The van der Waals surface area contributed by atoms with Gasteiger partial charge in [-0.1, -0.05) is 12.1 Å². The Bertz CT molecular complexity index is 588. The van der Waals surface area contributed by atoms with Gasteiger partial charge in [0.25, 0.3) is 0 Å². The maximum atomic E-state index is 12.0. The summed E-state index contributed by atoms with van der Waals surface area (Å²) in [5.74, 6) is -0.869. The van der Waals surface area contributed by atoms with Crippen LogP contribution < -0.4 is 0 Å². The number of carboxylic acids is 1. The first-order valence-corrected chi connectivity index (χ1v) is 8.15. The summed E-state index contributed by atoms with van der Waals surface area (Å²) in [5.41, 5.74) is -0.520. The molecule has 0 bridgehead atoms. The molecule has 0 atom stereocenters. The topological polar surface area (TPSA) is 66.8 Å². The van der Waals surface area contributed by atoms with E-state index in [-0.39, 0.29) is 13.1 Å². The third-order valence-electron chi connectivity index (χ3n) is 3.52. The molecule has 0 radical (unpaired) electrons. The lowest BCUT2D eigenvalue weighted by Crippen LogP contribution is -2.63. The number of aliphatic carboxylic acids is 1. The number of rotatable bonds is 3. The van der Waals surface area contributed by atoms with E-state index in [0.29, 0.717) is 6.42 Å². The number of nitrogens with zero attached hydrogens (tertiary/aromatic N) is 1. The highest BCUT2D eigenvalue weighted by Gasteiger charge is 2.52. The summed E-state index contributed by atoms with van der Waals surface area (Å²) in [5, 5.41) is 9.57. The second-order valence-electron chi connectivity index (χ2n) is 6.73. The normalized spacial score (nSPS) is 16.8. The molecule has 1 saturated heterocycles. The fraction of sp³-hybridized carbons (Fsp3) is 0.500. The average Bonchev–Trinajstić information content (AvgIpc) is 2.30. The standard InChI is InChI=1S/C16H20INO4/c1-15(2,3)22-14(21)18-9-16(10-18,13(19)20)8-11-5-4-6-12(17)7-11/h4-7H,8-10H2,1-3H3,(H,19,20). The molecule has 5 nitrogen and oxygen atoms in total. The number of benzene rings is 1. The van der Waals surface area contributed by atoms with Crippen LogP contribution in [0.4, 0.5) is 4.79 Å². The van der Waals surface area contributed by atoms with E-state index in [4.69, 9.17) is 4.74 Å². The molecule has 0 aliphatic carbocycles. The number of likely N-dealkylation sites (tertiary alicyclic amines) is 1. The number of carboxylic acid groups (broad SMARTS) is 1. The highest BCUT2D eigenvalue weighted by molar-refractivity contribution is 14.1. The number of hydrogen-bond donors (Lipinski definition) is 1. The van der Waals surface area contributed by atoms with E-state index < -0.39 is 23.1 Å². The highest BCUT2D eigenvalue weighted by Crippen LogP contribution is 2.35. The van der Waals surface area contributed by atoms with E-state index in [1.165, 1.54) is 4.90 Å². The Labute approximate surface area is 143 Å². The third-order valence-corrected chi connectivity index (χ3v) is 4.19. The van der Waals surface area contributed by atoms with Crippen molar-refractivity contribution in [2.45, 2.75) is 32.8 Å². The lowest BCUT2D eigenvalue weighted by Gasteiger charge is -2.47. The molecule has 22 heavy (non-hydrogen) atoms. The van der Waals surface area contributed by atoms with Crippen LogP contribution in [-0.4, -0.2) is 40.8 Å². The molecular formula is C16H20INO4. The quantitative estimate of drug-likeness (QED) is 0.768. The fourth-order valence-corrected chi connectivity index (χ4v) is 3.11. The average molecular weight is 417 g/mol. The van der Waals surface area contributed by atoms with Gasteiger partial charge in [-0.15, -0.1) is 0 Å². The monoisotopic (exact) mass is 417 g/mol. The van der Waals surface area contributed by atoms with E-state index >= 15 is 0 Å². The predicted molar refractivity (Wildman–Crippen MR) is 90.7 cm³/mol. The van der Waals surface area contributed by atoms with Crippen molar-refractivity contribution < 1.29 is 19.4 Å². The molecule has 1 amide bonds. The van der Waals surface area contributed by atoms with E-state index in [9.17, 15) is 14.7 Å². The zero-order valence-electron chi connectivity index (χ0n) is 12.9. The van der Waals surface area contributed by atoms with Crippen molar-refractivity contribution in [2.75, 3.05) is 13.1 Å². The molecule has 1 aliphatic heterocycles. The van der Waals surface area contributed by atoms with Crippen molar-refractivity contribution in [2.24, 2.45) is 5.41 Å². The lowest BCUT2D eigenvalue weighted by atomic mass is 9.75. The summed E-state index contributed by atoms with van der Waals surface area (Å²) < 4.78 is 6.35. The van der Waals surface area contributed by atoms with Crippen LogP contribution in [0.3, 0.4) is 0 Å². The minimum atomic E-state index is -0.915. The summed E-state index contributed by atoms with van der Waals surface area (Å²) in [6.45, 7) is 5.74. The maximum Gasteiger partial charge on any atom is 0.410 e. The Morgan fingerprint density at radius 2 is 2.00 bits per heavy atom. The van der Waals surface area contributed by atoms with Crippen molar-refractivity contribution in [3.8, 4) is 0 Å². The minimum absolute atomic E-state index is 0.183. The highest BCUT2D eigenvalue weighted by atomic mass is 127. The maximum absolute atomic E-state index is 12.0. The fourth-order valence-electron chi connectivity index (χ4n) is 2.50. The molecule has 1 heterocycles. The van der Waals surface area contributed by atoms with Crippen LogP contribution in [0.15, 0.2) is 24.3 Å². The minimum Gasteiger partial charge on any atom is -0.481 e. The largest absolute Gasteiger partial charge is 0.481 e. The van der Waals surface area contributed by atoms with Gasteiger partial charge in [0.05, 0.1) is 0 Å². The molecular weight excluding hydrogens is 397 g/mol. The lowest BCUT2D eigenvalue weighted by molar-refractivity contribution is -0.159. The van der Waals surface area contributed by atoms with Crippen molar-refractivity contribution in [1.82, 2.24) is 4.90 Å². The number of hydrogen-bond acceptors (Lipinski definition) is 3. The first-order valence-electron chi connectivity index (χ1n) is 7.07. The molecule has 0 aromatic heterocycles. The van der Waals surface area contributed by atoms with Gasteiger partial charge in [-0.05, 0) is 67.5 Å². The Morgan fingerprint density at radius 1 is 1.36 bits per heavy atom. The number of amides is 1. The SMILES string of the molecule is CC(C)(C)OC(=O)N1CC(Cc2cccc(I)c2)(C(=O)O)C1. The van der Waals surface area contributed by atoms with Crippen LogP contribution in [0, 0.1) is 8.99 Å². The van der Waals surface area contributed by atoms with Gasteiger partial charge in [0, 0.05) is 16.7 Å². The van der Waals surface area contributed by atoms with Crippen molar-refractivity contribution in [3.05, 3.63) is 33.4 Å². The first-order chi connectivity index (χ1) is 10.1. The predicted octanol–water partition coefficient (Wildman–Crippen LogP) is 3.16. The number of carbonyl (C=O) groups is 2. The molecule has 1 aromatic carbocycles. The zero-order valence-corrected chi connectivity index (χ0v) is 15.1. The van der Waals surface area contributed by atoms with Crippen LogP contribution >= 0.6 is 22.6 Å². The Balaban J connectivity index is 2.05. The zero-order chi connectivity index (χ0) is 16.5. The van der Waals surface area contributed by atoms with Crippen molar-refractivity contribution in [3.63, 3.8) is 0 Å². The van der Waals surface area contributed by atoms with Crippen molar-refractivity contribution >= 4 is 34.7 Å². The number of ether oxygens (including phenoxy) is 1. The van der Waals surface area contributed by atoms with Gasteiger partial charge in [-0.3, -0.25) is 4.79 Å². The molecule has 120 valence electrons. The second-order valence-corrected chi connectivity index (χ2v) is 7.97. The van der Waals surface area contributed by atoms with Crippen LogP contribution in [-0.2, 0) is 16.0 Å². The van der Waals surface area contributed by atoms with E-state index in [1.807, 2.05) is 24.3 Å². The van der Waals surface area contributed by atoms with Crippen LogP contribution in [0.1, 0.15) is 26.3 Å². The molecule has 1 N–H and O–H groups in total. The molecule has 1 fully saturated rings. The smallest absolute Gasteiger partial charge is 0.410 e. The van der Waals surface area contributed by atoms with Gasteiger partial charge in [0.1, 0.15) is 11.0 Å². The van der Waals surface area contributed by atoms with E-state index in [0.717, 1.165) is 9.13 Å². The summed E-state index contributed by atoms with van der Waals surface area (Å²) in [7, 11) is 0. The summed E-state index contributed by atoms with van der Waals surface area (Å²) in [6, 6.07) is 7.77. The Kier molecular flexibility index (Phi) is 4.70. The molecule has 6 heteroatoms. The Morgan fingerprint density at radius 3 is 2.50 bits per heavy atom. The molecule has 0 unspecified atom stereocenters. The van der Waals surface area contributed by atoms with Crippen molar-refractivity contribution in [1.29, 1.82) is 0 Å². The summed E-state index contributed by atoms with van der Waals surface area (Å²) in [6.07, 6.45) is -0.0367. The second kappa shape index (κ2) is 6.06. The molecule has 2 rings (SSSR count). The van der Waals surface area contributed by atoms with Gasteiger partial charge < -0.3 is 14.7 Å². The molecule has 0 spiro atoms. The van der Waals surface area contributed by atoms with Gasteiger partial charge in [-0.2, -0.15) is 0 Å². The number of halogens is 1. The first kappa shape index (κ1) is 17.1. The van der Waals surface area contributed by atoms with E-state index in [1.54, 1.807) is 20.8 Å². The number of carbonyl (C=O) groups excluding carboxylic acids is 1. The molecule has 1 aliphatic rings. The summed E-state index contributed by atoms with van der Waals surface area (Å²) >= 11 is 2.20. The van der Waals surface area contributed by atoms with Gasteiger partial charge in [-0.25, -0.2) is 4.79 Å². The molecule has 1 aromatic rings. The van der Waals surface area contributed by atoms with E-state index in [2.05, 4.69) is 22.6 Å². The summed E-state index contributed by atoms with van der Waals surface area (Å²) in [4.78, 5) is 25.1. The van der Waals surface area contributed by atoms with Crippen LogP contribution in [0.25, 0.3) is 0 Å². The van der Waals surface area contributed by atoms with Crippen LogP contribution in [0.5, 0.6) is 0 Å². The third kappa shape index (κ3) is 3.91. The Hall–Kier alpha value is -1.31. The van der Waals surface area contributed by atoms with Gasteiger partial charge >= 0.3 is 12.1 Å². The van der Waals surface area contributed by atoms with Crippen LogP contribution in [0.2, 0.25) is 0 Å². The van der Waals surface area contributed by atoms with Gasteiger partial charge in [0.15, 0.2) is 0 Å².